The average Bonchev–Trinajstić information content (AvgIpc) is 4.08. The first-order valence-electron chi connectivity index (χ1n) is 17.5. The molecule has 0 unspecified atom stereocenters. The third-order valence-electron chi connectivity index (χ3n) is 9.51. The number of anilines is 1. The van der Waals surface area contributed by atoms with Crippen molar-refractivity contribution < 1.29 is 54.5 Å². The van der Waals surface area contributed by atoms with Gasteiger partial charge in [0.15, 0.2) is 28.2 Å². The number of rotatable bonds is 14. The number of para-hydroxylation sites is 1. The van der Waals surface area contributed by atoms with Crippen LogP contribution in [0.1, 0.15) is 85.0 Å². The SMILES string of the molecule is COc1ccccc1CN(CC(=O)N(Cc1cc(C2CC2)cc(C(C)(C)C)c1)c1ccc(C(=O)O)cc1OC1CC1)S(=O)(=O)c1c(F)c(F)c(F)c(F)c1F. The minimum Gasteiger partial charge on any atom is -0.496 e. The molecule has 0 atom stereocenters. The van der Waals surface area contributed by atoms with Gasteiger partial charge in [-0.15, -0.1) is 0 Å². The summed E-state index contributed by atoms with van der Waals surface area (Å²) in [5.74, 6) is -14.5. The summed E-state index contributed by atoms with van der Waals surface area (Å²) in [6, 6.07) is 15.7. The standard InChI is InChI=1S/C40H39F5N2O7S/c1-40(2,3)27-16-22(15-26(17-27)23-9-10-23)19-47(29-14-11-24(39(49)50)18-31(29)54-28-12-13-28)32(48)21-46(20-25-7-5-6-8-30(25)53-4)55(51,52)38-36(44)34(42)33(41)35(43)37(38)45/h5-8,11,14-18,23,28H,9-10,12-13,19-21H2,1-4H3,(H,49,50). The van der Waals surface area contributed by atoms with Crippen molar-refractivity contribution in [2.75, 3.05) is 18.6 Å². The molecule has 9 nitrogen and oxygen atoms in total. The maximum absolute atomic E-state index is 15.2. The number of hydrogen-bond acceptors (Lipinski definition) is 6. The van der Waals surface area contributed by atoms with E-state index in [1.165, 1.54) is 48.4 Å². The van der Waals surface area contributed by atoms with Crippen LogP contribution in [0, 0.1) is 29.1 Å². The van der Waals surface area contributed by atoms with Gasteiger partial charge in [-0.05, 0) is 78.0 Å². The maximum Gasteiger partial charge on any atom is 0.335 e. The summed E-state index contributed by atoms with van der Waals surface area (Å²) in [7, 11) is -4.40. The lowest BCUT2D eigenvalue weighted by atomic mass is 9.84. The zero-order valence-corrected chi connectivity index (χ0v) is 31.3. The van der Waals surface area contributed by atoms with Gasteiger partial charge in [0.05, 0.1) is 37.6 Å². The van der Waals surface area contributed by atoms with Crippen molar-refractivity contribution >= 4 is 27.6 Å². The quantitative estimate of drug-likeness (QED) is 0.0779. The second-order valence-electron chi connectivity index (χ2n) is 14.8. The van der Waals surface area contributed by atoms with Gasteiger partial charge in [-0.1, -0.05) is 57.2 Å². The molecule has 15 heteroatoms. The van der Waals surface area contributed by atoms with Gasteiger partial charge in [-0.3, -0.25) is 4.79 Å². The highest BCUT2D eigenvalue weighted by atomic mass is 32.2. The fourth-order valence-corrected chi connectivity index (χ4v) is 7.62. The number of amides is 1. The number of carboxylic acids is 1. The molecule has 2 fully saturated rings. The molecule has 0 spiro atoms. The Morgan fingerprint density at radius 3 is 2.04 bits per heavy atom. The van der Waals surface area contributed by atoms with Gasteiger partial charge in [-0.2, -0.15) is 4.31 Å². The summed E-state index contributed by atoms with van der Waals surface area (Å²) >= 11 is 0. The highest BCUT2D eigenvalue weighted by molar-refractivity contribution is 7.89. The monoisotopic (exact) mass is 786 g/mol. The summed E-state index contributed by atoms with van der Waals surface area (Å²) in [6.45, 7) is 3.92. The fourth-order valence-electron chi connectivity index (χ4n) is 6.14. The van der Waals surface area contributed by atoms with E-state index in [4.69, 9.17) is 9.47 Å². The number of ether oxygens (including phenoxy) is 2. The van der Waals surface area contributed by atoms with E-state index in [1.807, 2.05) is 32.9 Å². The highest BCUT2D eigenvalue weighted by Gasteiger charge is 2.40. The number of carbonyl (C=O) groups is 2. The summed E-state index contributed by atoms with van der Waals surface area (Å²) in [6.07, 6.45) is 2.99. The van der Waals surface area contributed by atoms with E-state index < -0.39 is 69.0 Å². The number of methoxy groups -OCH3 is 1. The van der Waals surface area contributed by atoms with Crippen LogP contribution in [-0.2, 0) is 33.3 Å². The Balaban J connectivity index is 1.50. The molecule has 2 saturated carbocycles. The third-order valence-corrected chi connectivity index (χ3v) is 11.3. The molecular weight excluding hydrogens is 748 g/mol. The van der Waals surface area contributed by atoms with Gasteiger partial charge in [0.2, 0.25) is 21.7 Å². The van der Waals surface area contributed by atoms with Crippen LogP contribution in [-0.4, -0.2) is 49.5 Å². The van der Waals surface area contributed by atoms with Gasteiger partial charge < -0.3 is 19.5 Å². The van der Waals surface area contributed by atoms with E-state index in [2.05, 4.69) is 6.07 Å². The first-order valence-corrected chi connectivity index (χ1v) is 19.0. The molecule has 292 valence electrons. The van der Waals surface area contributed by atoms with E-state index in [0.717, 1.165) is 24.0 Å². The molecule has 0 radical (unpaired) electrons. The van der Waals surface area contributed by atoms with Gasteiger partial charge in [0.25, 0.3) is 0 Å². The number of halogens is 5. The van der Waals surface area contributed by atoms with Gasteiger partial charge in [-0.25, -0.2) is 35.2 Å². The molecule has 0 aliphatic heterocycles. The van der Waals surface area contributed by atoms with Gasteiger partial charge in [0.1, 0.15) is 11.5 Å². The Kier molecular flexibility index (Phi) is 11.0. The second-order valence-corrected chi connectivity index (χ2v) is 16.6. The van der Waals surface area contributed by atoms with Crippen molar-refractivity contribution in [2.24, 2.45) is 0 Å². The molecule has 1 amide bonds. The van der Waals surface area contributed by atoms with Crippen LogP contribution in [0.25, 0.3) is 0 Å². The molecule has 0 aromatic heterocycles. The molecule has 2 aliphatic rings. The van der Waals surface area contributed by atoms with Gasteiger partial charge >= 0.3 is 5.97 Å². The zero-order valence-electron chi connectivity index (χ0n) is 30.5. The van der Waals surface area contributed by atoms with E-state index >= 15 is 8.78 Å². The minimum absolute atomic E-state index is 0.0176. The number of carbonyl (C=O) groups excluding carboxylic acids is 1. The first-order chi connectivity index (χ1) is 25.9. The van der Waals surface area contributed by atoms with Crippen LogP contribution < -0.4 is 14.4 Å². The van der Waals surface area contributed by atoms with Crippen LogP contribution >= 0.6 is 0 Å². The Bertz CT molecular complexity index is 2240. The highest BCUT2D eigenvalue weighted by Crippen LogP contribution is 2.43. The van der Waals surface area contributed by atoms with Crippen LogP contribution in [0.5, 0.6) is 11.5 Å². The largest absolute Gasteiger partial charge is 0.496 e. The lowest BCUT2D eigenvalue weighted by Crippen LogP contribution is -2.43. The zero-order chi connectivity index (χ0) is 40.0. The lowest BCUT2D eigenvalue weighted by molar-refractivity contribution is -0.119. The number of nitrogens with zero attached hydrogens (tertiary/aromatic N) is 2. The Hall–Kier alpha value is -5.02. The molecule has 0 bridgehead atoms. The topological polar surface area (TPSA) is 113 Å². The predicted molar refractivity (Wildman–Crippen MR) is 192 cm³/mol. The molecule has 2 aliphatic carbocycles. The maximum atomic E-state index is 15.2. The summed E-state index contributed by atoms with van der Waals surface area (Å²) in [5.41, 5.74) is 2.35. The van der Waals surface area contributed by atoms with Crippen molar-refractivity contribution in [1.82, 2.24) is 4.31 Å². The fraction of sp³-hybridized carbons (Fsp3) is 0.350. The first kappa shape index (κ1) is 39.7. The van der Waals surface area contributed by atoms with Crippen molar-refractivity contribution in [3.8, 4) is 11.5 Å². The summed E-state index contributed by atoms with van der Waals surface area (Å²) < 4.78 is 113. The molecule has 1 N–H and O–H groups in total. The Morgan fingerprint density at radius 1 is 0.818 bits per heavy atom. The van der Waals surface area contributed by atoms with Crippen LogP contribution in [0.15, 0.2) is 65.6 Å². The van der Waals surface area contributed by atoms with Crippen LogP contribution in [0.3, 0.4) is 0 Å². The predicted octanol–water partition coefficient (Wildman–Crippen LogP) is 8.23. The van der Waals surface area contributed by atoms with Crippen LogP contribution in [0.4, 0.5) is 27.6 Å². The smallest absolute Gasteiger partial charge is 0.335 e. The molecule has 4 aromatic rings. The minimum atomic E-state index is -5.68. The van der Waals surface area contributed by atoms with Crippen molar-refractivity contribution in [3.63, 3.8) is 0 Å². The molecule has 55 heavy (non-hydrogen) atoms. The van der Waals surface area contributed by atoms with Crippen molar-refractivity contribution in [1.29, 1.82) is 0 Å². The third kappa shape index (κ3) is 8.47. The number of sulfonamides is 1. The number of hydrogen-bond donors (Lipinski definition) is 1. The average molecular weight is 787 g/mol. The normalized spacial score (nSPS) is 14.6. The Morgan fingerprint density at radius 2 is 1.45 bits per heavy atom. The van der Waals surface area contributed by atoms with Crippen molar-refractivity contribution in [3.05, 3.63) is 118 Å². The number of benzene rings is 4. The molecular formula is C40H39F5N2O7S. The van der Waals surface area contributed by atoms with E-state index in [-0.39, 0.29) is 46.4 Å². The molecule has 0 heterocycles. The number of aromatic carboxylic acids is 1. The van der Waals surface area contributed by atoms with E-state index in [9.17, 15) is 36.3 Å². The second kappa shape index (κ2) is 15.3. The molecule has 4 aromatic carbocycles. The van der Waals surface area contributed by atoms with E-state index in [0.29, 0.717) is 28.6 Å². The van der Waals surface area contributed by atoms with Crippen LogP contribution in [0.2, 0.25) is 0 Å². The summed E-state index contributed by atoms with van der Waals surface area (Å²) in [5, 5.41) is 9.77. The van der Waals surface area contributed by atoms with Gasteiger partial charge in [0, 0.05) is 12.1 Å². The van der Waals surface area contributed by atoms with E-state index in [1.54, 1.807) is 6.07 Å². The Labute approximate surface area is 315 Å². The lowest BCUT2D eigenvalue weighted by Gasteiger charge is -2.30. The molecule has 0 saturated heterocycles. The molecule has 6 rings (SSSR count). The van der Waals surface area contributed by atoms with Crippen molar-refractivity contribution in [2.45, 2.75) is 81.9 Å². The summed E-state index contributed by atoms with van der Waals surface area (Å²) in [4.78, 5) is 25.8. The number of carboxylic acid groups (broad SMARTS) is 1.